The molecule has 0 aromatic rings. The van der Waals surface area contributed by atoms with E-state index in [-0.39, 0.29) is 0 Å². The summed E-state index contributed by atoms with van der Waals surface area (Å²) in [6.45, 7) is 6.78. The molecular formula is C34H60O22. The highest BCUT2D eigenvalue weighted by molar-refractivity contribution is 4.98. The summed E-state index contributed by atoms with van der Waals surface area (Å²) in [6.07, 6.45) is -36.0. The Morgan fingerprint density at radius 1 is 0.393 bits per heavy atom. The minimum atomic E-state index is -1.93. The Kier molecular flexibility index (Phi) is 16.2. The second-order valence-corrected chi connectivity index (χ2v) is 15.1. The van der Waals surface area contributed by atoms with Gasteiger partial charge < -0.3 is 109 Å². The van der Waals surface area contributed by atoms with Crippen molar-refractivity contribution >= 4 is 0 Å². The van der Waals surface area contributed by atoms with Gasteiger partial charge in [-0.25, -0.2) is 0 Å². The van der Waals surface area contributed by atoms with Gasteiger partial charge in [-0.3, -0.25) is 0 Å². The zero-order valence-corrected chi connectivity index (χ0v) is 31.7. The molecule has 0 aromatic carbocycles. The smallest absolute Gasteiger partial charge is 0.187 e. The SMILES string of the molecule is CCCO[C@@H]1OC(CO)[C@@H](O)C(O[C@@H]2OC(C)[C@H](O)C(O[C@@H]3OC(C)[C@H](O)C(O)[C@@H]3O[C@@H]3OC(C)[C@H](O)C(O[C@H]4O[C@@H](CO)[C@@H](O)C(O)C4O)[C@@H]3O)[C@@H]2O)[C@@H]1C. The fourth-order valence-corrected chi connectivity index (χ4v) is 7.43. The van der Waals surface area contributed by atoms with Gasteiger partial charge in [0.25, 0.3) is 0 Å². The molecule has 5 rings (SSSR count). The van der Waals surface area contributed by atoms with Gasteiger partial charge in [0, 0.05) is 12.5 Å². The predicted molar refractivity (Wildman–Crippen MR) is 179 cm³/mol. The van der Waals surface area contributed by atoms with Crippen LogP contribution >= 0.6 is 0 Å². The maximum atomic E-state index is 11.5. The van der Waals surface area contributed by atoms with Crippen molar-refractivity contribution in [1.82, 2.24) is 0 Å². The molecule has 0 bridgehead atoms. The number of rotatable bonds is 13. The van der Waals surface area contributed by atoms with Crippen LogP contribution in [0.3, 0.4) is 0 Å². The standard InChI is InChI=1S/C34H60O22/c1-6-7-47-30-10(2)26(20(41)15(9-36)51-30)53-32-25(46)28(18(39)13(5)48-32)55-34-29(22(43)16(37)11(3)50-34)56-33-24(45)27(17(38)12(4)49-33)54-31-23(44)21(42)19(40)14(8-35)52-31/h10-46H,6-9H2,1-5H3/t10-,11?,12?,13?,14-,15?,16-,17-,18-,19+,20+,21?,22?,23?,24-,25-,26?,27?,28?,29-,30+,31+,32-,33-,34-/m0/s1. The van der Waals surface area contributed by atoms with E-state index in [4.69, 9.17) is 47.4 Å². The maximum Gasteiger partial charge on any atom is 0.187 e. The highest BCUT2D eigenvalue weighted by Crippen LogP contribution is 2.37. The van der Waals surface area contributed by atoms with E-state index < -0.39 is 167 Å². The van der Waals surface area contributed by atoms with E-state index in [0.717, 1.165) is 0 Å². The molecule has 56 heavy (non-hydrogen) atoms. The van der Waals surface area contributed by atoms with Gasteiger partial charge in [0.15, 0.2) is 31.5 Å². The fourth-order valence-electron chi connectivity index (χ4n) is 7.43. The van der Waals surface area contributed by atoms with Gasteiger partial charge in [-0.05, 0) is 27.2 Å². The quantitative estimate of drug-likeness (QED) is 0.0822. The van der Waals surface area contributed by atoms with Crippen molar-refractivity contribution in [2.45, 2.75) is 188 Å². The largest absolute Gasteiger partial charge is 0.394 e. The third kappa shape index (κ3) is 9.52. The van der Waals surface area contributed by atoms with Crippen LogP contribution in [0, 0.1) is 5.92 Å². The Balaban J connectivity index is 1.33. The zero-order valence-electron chi connectivity index (χ0n) is 31.7. The van der Waals surface area contributed by atoms with E-state index >= 15 is 0 Å². The number of ether oxygens (including phenoxy) is 10. The number of hydrogen-bond acceptors (Lipinski definition) is 22. The summed E-state index contributed by atoms with van der Waals surface area (Å²) in [5.41, 5.74) is 0. The van der Waals surface area contributed by atoms with Crippen molar-refractivity contribution in [3.8, 4) is 0 Å². The van der Waals surface area contributed by atoms with E-state index in [0.29, 0.717) is 13.0 Å². The molecule has 5 heterocycles. The third-order valence-electron chi connectivity index (χ3n) is 11.0. The summed E-state index contributed by atoms with van der Waals surface area (Å²) in [5.74, 6) is -0.634. The van der Waals surface area contributed by atoms with Crippen molar-refractivity contribution in [2.75, 3.05) is 19.8 Å². The van der Waals surface area contributed by atoms with Crippen molar-refractivity contribution in [2.24, 2.45) is 5.92 Å². The van der Waals surface area contributed by atoms with Crippen molar-refractivity contribution in [3.63, 3.8) is 0 Å². The highest BCUT2D eigenvalue weighted by atomic mass is 16.8. The lowest BCUT2D eigenvalue weighted by molar-refractivity contribution is -0.397. The molecule has 0 aromatic heterocycles. The van der Waals surface area contributed by atoms with Crippen LogP contribution in [0.25, 0.3) is 0 Å². The Morgan fingerprint density at radius 3 is 1.36 bits per heavy atom. The maximum absolute atomic E-state index is 11.5. The first-order valence-electron chi connectivity index (χ1n) is 19.0. The molecule has 10 unspecified atom stereocenters. The zero-order chi connectivity index (χ0) is 41.3. The first-order valence-corrected chi connectivity index (χ1v) is 19.0. The average molecular weight is 821 g/mol. The first kappa shape index (κ1) is 46.2. The summed E-state index contributed by atoms with van der Waals surface area (Å²) in [7, 11) is 0. The fraction of sp³-hybridized carbons (Fsp3) is 1.00. The van der Waals surface area contributed by atoms with Crippen LogP contribution in [-0.2, 0) is 47.4 Å². The van der Waals surface area contributed by atoms with E-state index in [1.807, 2.05) is 6.92 Å². The summed E-state index contributed by atoms with van der Waals surface area (Å²) in [4.78, 5) is 0. The molecule has 5 saturated heterocycles. The summed E-state index contributed by atoms with van der Waals surface area (Å²) in [5, 5.41) is 128. The molecule has 0 saturated carbocycles. The summed E-state index contributed by atoms with van der Waals surface area (Å²) >= 11 is 0. The van der Waals surface area contributed by atoms with Crippen LogP contribution in [-0.4, -0.2) is 229 Å². The molecule has 0 spiro atoms. The van der Waals surface area contributed by atoms with Crippen LogP contribution in [0.5, 0.6) is 0 Å². The molecule has 0 radical (unpaired) electrons. The minimum absolute atomic E-state index is 0.315. The van der Waals surface area contributed by atoms with E-state index in [1.165, 1.54) is 20.8 Å². The summed E-state index contributed by atoms with van der Waals surface area (Å²) in [6, 6.07) is 0. The molecule has 5 aliphatic rings. The van der Waals surface area contributed by atoms with Crippen LogP contribution in [0.1, 0.15) is 41.0 Å². The highest BCUT2D eigenvalue weighted by Gasteiger charge is 2.56. The van der Waals surface area contributed by atoms with Gasteiger partial charge in [0.2, 0.25) is 0 Å². The Morgan fingerprint density at radius 2 is 0.821 bits per heavy atom. The molecule has 22 nitrogen and oxygen atoms in total. The van der Waals surface area contributed by atoms with Gasteiger partial charge in [0.05, 0.1) is 37.6 Å². The normalized spacial score (nSPS) is 53.2. The number of hydrogen-bond donors (Lipinski definition) is 12. The third-order valence-corrected chi connectivity index (χ3v) is 11.0. The van der Waals surface area contributed by atoms with E-state index in [9.17, 15) is 61.3 Å². The Hall–Kier alpha value is -0.880. The van der Waals surface area contributed by atoms with Gasteiger partial charge in [-0.15, -0.1) is 0 Å². The molecule has 25 atom stereocenters. The van der Waals surface area contributed by atoms with Crippen molar-refractivity contribution < 1.29 is 109 Å². The molecule has 5 fully saturated rings. The molecule has 12 N–H and O–H groups in total. The van der Waals surface area contributed by atoms with E-state index in [1.54, 1.807) is 6.92 Å². The number of aliphatic hydroxyl groups is 12. The van der Waals surface area contributed by atoms with Crippen LogP contribution in [0.2, 0.25) is 0 Å². The Labute approximate surface area is 322 Å². The molecule has 0 amide bonds. The molecular weight excluding hydrogens is 760 g/mol. The van der Waals surface area contributed by atoms with E-state index in [2.05, 4.69) is 0 Å². The predicted octanol–water partition coefficient (Wildman–Crippen LogP) is -6.13. The second kappa shape index (κ2) is 19.7. The summed E-state index contributed by atoms with van der Waals surface area (Å²) < 4.78 is 57.9. The lowest BCUT2D eigenvalue weighted by atomic mass is 9.91. The van der Waals surface area contributed by atoms with Gasteiger partial charge in [-0.1, -0.05) is 13.8 Å². The van der Waals surface area contributed by atoms with Gasteiger partial charge >= 0.3 is 0 Å². The molecule has 5 aliphatic heterocycles. The average Bonchev–Trinajstić information content (AvgIpc) is 3.17. The van der Waals surface area contributed by atoms with Crippen LogP contribution in [0.4, 0.5) is 0 Å². The second-order valence-electron chi connectivity index (χ2n) is 15.1. The van der Waals surface area contributed by atoms with Crippen LogP contribution in [0.15, 0.2) is 0 Å². The minimum Gasteiger partial charge on any atom is -0.394 e. The topological polar surface area (TPSA) is 335 Å². The lowest BCUT2D eigenvalue weighted by Gasteiger charge is -2.50. The van der Waals surface area contributed by atoms with Crippen molar-refractivity contribution in [3.05, 3.63) is 0 Å². The first-order chi connectivity index (χ1) is 26.4. The lowest BCUT2D eigenvalue weighted by Crippen LogP contribution is -2.67. The monoisotopic (exact) mass is 820 g/mol. The number of aliphatic hydroxyl groups excluding tert-OH is 12. The van der Waals surface area contributed by atoms with Crippen LogP contribution < -0.4 is 0 Å². The molecule has 22 heteroatoms. The molecule has 328 valence electrons. The van der Waals surface area contributed by atoms with Gasteiger partial charge in [-0.2, -0.15) is 0 Å². The van der Waals surface area contributed by atoms with Gasteiger partial charge in [0.1, 0.15) is 91.6 Å². The Bertz CT molecular complexity index is 1200. The van der Waals surface area contributed by atoms with Crippen molar-refractivity contribution in [1.29, 1.82) is 0 Å². The molecule has 0 aliphatic carbocycles.